The molecule has 2 rings (SSSR count). The van der Waals surface area contributed by atoms with Crippen molar-refractivity contribution >= 4 is 17.9 Å². The summed E-state index contributed by atoms with van der Waals surface area (Å²) >= 11 is 0. The van der Waals surface area contributed by atoms with Crippen LogP contribution in [0.4, 0.5) is 0 Å². The van der Waals surface area contributed by atoms with E-state index in [0.29, 0.717) is 0 Å². The Balaban J connectivity index is 3.02. The fourth-order valence-electron chi connectivity index (χ4n) is 2.46. The molecule has 0 atom stereocenters. The average molecular weight is 274 g/mol. The molecule has 0 radical (unpaired) electrons. The molecule has 2 N–H and O–H groups in total. The Bertz CT molecular complexity index is 680. The van der Waals surface area contributed by atoms with E-state index in [-0.39, 0.29) is 40.0 Å². The quantitative estimate of drug-likeness (QED) is 0.638. The van der Waals surface area contributed by atoms with Gasteiger partial charge < -0.3 is 10.2 Å². The van der Waals surface area contributed by atoms with Crippen LogP contribution < -0.4 is 0 Å². The van der Waals surface area contributed by atoms with Gasteiger partial charge in [-0.25, -0.2) is 0 Å². The Morgan fingerprint density at radius 3 is 2.20 bits per heavy atom. The highest BCUT2D eigenvalue weighted by Crippen LogP contribution is 2.43. The number of phenolic OH excluding ortho intramolecular Hbond substituents is 2. The number of aromatic hydroxyl groups is 2. The molecule has 0 amide bonds. The summed E-state index contributed by atoms with van der Waals surface area (Å²) < 4.78 is 0. The summed E-state index contributed by atoms with van der Waals surface area (Å²) in [5.74, 6) is -2.40. The molecule has 0 saturated carbocycles. The number of ketones is 2. The number of benzene rings is 1. The SMILES string of the molecule is CC1=CC(=O)c2c(C=O)c(O)c(O)c(C(C)C)c2C1=O. The molecule has 0 aromatic heterocycles. The largest absolute Gasteiger partial charge is 0.504 e. The third-order valence-electron chi connectivity index (χ3n) is 3.40. The molecule has 5 heteroatoms. The molecule has 104 valence electrons. The zero-order chi connectivity index (χ0) is 15.2. The highest BCUT2D eigenvalue weighted by Gasteiger charge is 2.34. The van der Waals surface area contributed by atoms with Gasteiger partial charge in [0, 0.05) is 22.3 Å². The van der Waals surface area contributed by atoms with Gasteiger partial charge in [-0.1, -0.05) is 13.8 Å². The summed E-state index contributed by atoms with van der Waals surface area (Å²) in [4.78, 5) is 35.5. The summed E-state index contributed by atoms with van der Waals surface area (Å²) in [6, 6.07) is 0. The Hall–Kier alpha value is -2.43. The number of hydrogen-bond acceptors (Lipinski definition) is 5. The van der Waals surface area contributed by atoms with Crippen LogP contribution in [0.15, 0.2) is 11.6 Å². The van der Waals surface area contributed by atoms with Gasteiger partial charge in [-0.15, -0.1) is 0 Å². The molecule has 0 heterocycles. The summed E-state index contributed by atoms with van der Waals surface area (Å²) in [6.07, 6.45) is 1.41. The molecule has 0 saturated heterocycles. The maximum absolute atomic E-state index is 12.3. The van der Waals surface area contributed by atoms with Gasteiger partial charge in [-0.05, 0) is 18.9 Å². The summed E-state index contributed by atoms with van der Waals surface area (Å²) in [6.45, 7) is 4.94. The van der Waals surface area contributed by atoms with E-state index in [9.17, 15) is 24.6 Å². The van der Waals surface area contributed by atoms with E-state index in [0.717, 1.165) is 6.08 Å². The molecule has 1 aliphatic rings. The first-order valence-electron chi connectivity index (χ1n) is 6.15. The zero-order valence-corrected chi connectivity index (χ0v) is 11.4. The van der Waals surface area contributed by atoms with Crippen molar-refractivity contribution < 1.29 is 24.6 Å². The van der Waals surface area contributed by atoms with Gasteiger partial charge in [0.2, 0.25) is 0 Å². The first-order chi connectivity index (χ1) is 9.31. The molecule has 0 aliphatic heterocycles. The van der Waals surface area contributed by atoms with Crippen LogP contribution in [-0.4, -0.2) is 28.1 Å². The number of phenols is 2. The second-order valence-corrected chi connectivity index (χ2v) is 5.07. The normalized spacial score (nSPS) is 14.3. The van der Waals surface area contributed by atoms with Gasteiger partial charge in [0.15, 0.2) is 29.4 Å². The van der Waals surface area contributed by atoms with Gasteiger partial charge in [0.1, 0.15) is 0 Å². The van der Waals surface area contributed by atoms with Crippen molar-refractivity contribution in [3.63, 3.8) is 0 Å². The van der Waals surface area contributed by atoms with Crippen molar-refractivity contribution in [1.29, 1.82) is 0 Å². The molecule has 1 aromatic carbocycles. The number of rotatable bonds is 2. The maximum atomic E-state index is 12.3. The van der Waals surface area contributed by atoms with Crippen LogP contribution in [0, 0.1) is 0 Å². The molecule has 5 nitrogen and oxygen atoms in total. The fraction of sp³-hybridized carbons (Fsp3) is 0.267. The number of Topliss-reactive ketones (excluding diaryl/α,β-unsaturated/α-hetero) is 1. The first kappa shape index (κ1) is 14.0. The minimum absolute atomic E-state index is 0.0161. The van der Waals surface area contributed by atoms with Gasteiger partial charge in [-0.2, -0.15) is 0 Å². The number of fused-ring (bicyclic) bond motifs is 1. The minimum atomic E-state index is -0.656. The second-order valence-electron chi connectivity index (χ2n) is 5.07. The molecular weight excluding hydrogens is 260 g/mol. The molecule has 0 spiro atoms. The monoisotopic (exact) mass is 274 g/mol. The van der Waals surface area contributed by atoms with Crippen LogP contribution in [-0.2, 0) is 0 Å². The predicted molar refractivity (Wildman–Crippen MR) is 71.7 cm³/mol. The number of allylic oxidation sites excluding steroid dienone is 2. The molecule has 0 fully saturated rings. The molecular formula is C15H14O5. The second kappa shape index (κ2) is 4.59. The van der Waals surface area contributed by atoms with E-state index in [4.69, 9.17) is 0 Å². The van der Waals surface area contributed by atoms with Crippen molar-refractivity contribution in [2.75, 3.05) is 0 Å². The predicted octanol–water partition coefficient (Wildman–Crippen LogP) is 2.36. The van der Waals surface area contributed by atoms with E-state index in [2.05, 4.69) is 0 Å². The van der Waals surface area contributed by atoms with Crippen LogP contribution in [0.3, 0.4) is 0 Å². The van der Waals surface area contributed by atoms with Crippen molar-refractivity contribution in [1.82, 2.24) is 0 Å². The van der Waals surface area contributed by atoms with Crippen LogP contribution in [0.1, 0.15) is 63.3 Å². The van der Waals surface area contributed by atoms with E-state index in [1.54, 1.807) is 13.8 Å². The summed E-state index contributed by atoms with van der Waals surface area (Å²) in [7, 11) is 0. The van der Waals surface area contributed by atoms with Crippen LogP contribution in [0.2, 0.25) is 0 Å². The molecule has 1 aliphatic carbocycles. The third-order valence-corrected chi connectivity index (χ3v) is 3.40. The van der Waals surface area contributed by atoms with Gasteiger partial charge in [0.05, 0.1) is 5.56 Å². The highest BCUT2D eigenvalue weighted by atomic mass is 16.3. The van der Waals surface area contributed by atoms with Crippen molar-refractivity contribution in [2.24, 2.45) is 0 Å². The van der Waals surface area contributed by atoms with E-state index in [1.807, 2.05) is 0 Å². The van der Waals surface area contributed by atoms with Crippen LogP contribution in [0.5, 0.6) is 11.5 Å². The molecule has 0 bridgehead atoms. The highest BCUT2D eigenvalue weighted by molar-refractivity contribution is 6.27. The number of carbonyl (C=O) groups excluding carboxylic acids is 3. The van der Waals surface area contributed by atoms with Gasteiger partial charge >= 0.3 is 0 Å². The summed E-state index contributed by atoms with van der Waals surface area (Å²) in [5.41, 5.74) is -0.0266. The molecule has 20 heavy (non-hydrogen) atoms. The van der Waals surface area contributed by atoms with Crippen molar-refractivity contribution in [3.05, 3.63) is 33.9 Å². The molecule has 0 unspecified atom stereocenters. The number of hydrogen-bond donors (Lipinski definition) is 2. The van der Waals surface area contributed by atoms with Crippen molar-refractivity contribution in [3.8, 4) is 11.5 Å². The Labute approximate surface area is 115 Å². The maximum Gasteiger partial charge on any atom is 0.190 e. The number of aldehydes is 1. The first-order valence-corrected chi connectivity index (χ1v) is 6.15. The number of carbonyl (C=O) groups is 3. The van der Waals surface area contributed by atoms with E-state index in [1.165, 1.54) is 6.92 Å². The lowest BCUT2D eigenvalue weighted by Gasteiger charge is -2.22. The van der Waals surface area contributed by atoms with Gasteiger partial charge in [-0.3, -0.25) is 14.4 Å². The Morgan fingerprint density at radius 2 is 1.70 bits per heavy atom. The Kier molecular flexibility index (Phi) is 3.21. The van der Waals surface area contributed by atoms with E-state index < -0.39 is 23.1 Å². The summed E-state index contributed by atoms with van der Waals surface area (Å²) in [5, 5.41) is 19.9. The minimum Gasteiger partial charge on any atom is -0.504 e. The van der Waals surface area contributed by atoms with Crippen LogP contribution >= 0.6 is 0 Å². The molecule has 1 aromatic rings. The zero-order valence-electron chi connectivity index (χ0n) is 11.4. The van der Waals surface area contributed by atoms with Crippen LogP contribution in [0.25, 0.3) is 0 Å². The van der Waals surface area contributed by atoms with Crippen molar-refractivity contribution in [2.45, 2.75) is 26.7 Å². The third kappa shape index (κ3) is 1.74. The fourth-order valence-corrected chi connectivity index (χ4v) is 2.46. The lowest BCUT2D eigenvalue weighted by Crippen LogP contribution is -2.21. The smallest absolute Gasteiger partial charge is 0.190 e. The Morgan fingerprint density at radius 1 is 1.10 bits per heavy atom. The van der Waals surface area contributed by atoms with Gasteiger partial charge in [0.25, 0.3) is 0 Å². The lowest BCUT2D eigenvalue weighted by atomic mass is 9.80. The average Bonchev–Trinajstić information content (AvgIpc) is 2.37. The standard InChI is InChI=1S/C15H14O5/c1-6(2)10-12-11(8(5-16)14(19)15(10)20)9(17)4-7(3)13(12)18/h4-6,19-20H,1-3H3. The lowest BCUT2D eigenvalue weighted by molar-refractivity contribution is 0.0979. The topological polar surface area (TPSA) is 91.7 Å². The van der Waals surface area contributed by atoms with E-state index >= 15 is 0 Å².